The van der Waals surface area contributed by atoms with Crippen molar-refractivity contribution in [2.24, 2.45) is 28.2 Å². The highest BCUT2D eigenvalue weighted by Gasteiger charge is 2.26. The van der Waals surface area contributed by atoms with E-state index in [1.165, 1.54) is 12.5 Å². The first-order valence-electron chi connectivity index (χ1n) is 38.2. The highest BCUT2D eigenvalue weighted by atomic mass is 35.5. The third kappa shape index (κ3) is 18.4. The maximum atomic E-state index is 11.5. The van der Waals surface area contributed by atoms with E-state index < -0.39 is 0 Å². The second-order valence-electron chi connectivity index (χ2n) is 28.1. The summed E-state index contributed by atoms with van der Waals surface area (Å²) in [5, 5.41) is 102. The van der Waals surface area contributed by atoms with Crippen molar-refractivity contribution in [1.82, 2.24) is 120 Å². The number of carbonyl (C=O) groups is 1. The van der Waals surface area contributed by atoms with Crippen LogP contribution in [0, 0.1) is 45.3 Å². The SMILES string of the molecule is CC(=O)Nc1nc(-c2ccn(C)n2)c(-c2cc(Cl)c3[nH]ncc3c2)nc1C#N.Cn1ccc(-c2nc(NCCc3ccccc3)c(C#N)nc2-c2cc(Cl)c3[nH]ncc3c2)n1.Cn1ccc(-c2nc(NCc3ccccc3)c(C#N)nc2-c2cc(Cl)c3[nH]ncc3c2)n1.Cn1ccc(-c2nc(NCc3ccccc3)c(C#N)nc2-c2cc(Cl)c3[nH]ncc3c2)n1. The molecular formula is C88H66Cl4N32O. The second-order valence-corrected chi connectivity index (χ2v) is 29.7. The van der Waals surface area contributed by atoms with E-state index >= 15 is 0 Å². The molecule has 33 nitrogen and oxygen atoms in total. The zero-order valence-electron chi connectivity index (χ0n) is 66.7. The number of nitrogens with zero attached hydrogens (tertiary/aromatic N) is 24. The van der Waals surface area contributed by atoms with Crippen LogP contribution in [0.4, 0.5) is 23.3 Å². The van der Waals surface area contributed by atoms with Gasteiger partial charge < -0.3 is 21.3 Å². The third-order valence-corrected chi connectivity index (χ3v) is 20.6. The van der Waals surface area contributed by atoms with Crippen LogP contribution in [0.5, 0.6) is 0 Å². The number of nitriles is 4. The highest BCUT2D eigenvalue weighted by molar-refractivity contribution is 6.37. The number of hydrogen-bond donors (Lipinski definition) is 8. The van der Waals surface area contributed by atoms with Crippen molar-refractivity contribution in [2.45, 2.75) is 26.4 Å². The van der Waals surface area contributed by atoms with E-state index in [-0.39, 0.29) is 34.5 Å². The number of rotatable bonds is 19. The molecule has 0 bridgehead atoms. The summed E-state index contributed by atoms with van der Waals surface area (Å²) in [7, 11) is 7.30. The fourth-order valence-electron chi connectivity index (χ4n) is 13.5. The maximum Gasteiger partial charge on any atom is 0.222 e. The Labute approximate surface area is 730 Å². The van der Waals surface area contributed by atoms with Crippen molar-refractivity contribution in [3.63, 3.8) is 0 Å². The molecule has 0 fully saturated rings. The molecule has 0 aliphatic rings. The predicted molar refractivity (Wildman–Crippen MR) is 477 cm³/mol. The lowest BCUT2D eigenvalue weighted by Gasteiger charge is -2.13. The normalized spacial score (nSPS) is 10.9. The van der Waals surface area contributed by atoms with E-state index in [2.05, 4.69) is 138 Å². The zero-order valence-corrected chi connectivity index (χ0v) is 69.7. The molecule has 37 heteroatoms. The number of aromatic nitrogens is 24. The van der Waals surface area contributed by atoms with Gasteiger partial charge in [-0.1, -0.05) is 137 Å². The number of amides is 1. The first kappa shape index (κ1) is 82.3. The van der Waals surface area contributed by atoms with Gasteiger partial charge in [0.05, 0.1) is 66.9 Å². The van der Waals surface area contributed by atoms with Crippen molar-refractivity contribution in [3.05, 3.63) is 273 Å². The Bertz CT molecular complexity index is 7200. The van der Waals surface area contributed by atoms with Crippen LogP contribution < -0.4 is 21.3 Å². The summed E-state index contributed by atoms with van der Waals surface area (Å²) >= 11 is 25.8. The molecule has 612 valence electrons. The number of aromatic amines is 4. The number of fused-ring (bicyclic) bond motifs is 4. The van der Waals surface area contributed by atoms with Crippen molar-refractivity contribution in [3.8, 4) is 115 Å². The average Bonchev–Trinajstić information content (AvgIpc) is 1.77. The largest absolute Gasteiger partial charge is 0.367 e. The van der Waals surface area contributed by atoms with E-state index in [0.717, 1.165) is 72.3 Å². The van der Waals surface area contributed by atoms with Crippen LogP contribution in [0.15, 0.2) is 213 Å². The Hall–Kier alpha value is -16.4. The molecule has 0 radical (unpaired) electrons. The topological polar surface area (TPSA) is 449 Å². The number of carbonyl (C=O) groups excluding carboxylic acids is 1. The van der Waals surface area contributed by atoms with E-state index in [4.69, 9.17) is 61.4 Å². The van der Waals surface area contributed by atoms with Crippen molar-refractivity contribution < 1.29 is 4.79 Å². The quantitative estimate of drug-likeness (QED) is 0.0373. The minimum atomic E-state index is -0.353. The molecule has 0 aliphatic heterocycles. The smallest absolute Gasteiger partial charge is 0.222 e. The molecule has 0 spiro atoms. The van der Waals surface area contributed by atoms with E-state index in [9.17, 15) is 25.8 Å². The Morgan fingerprint density at radius 1 is 0.352 bits per heavy atom. The molecule has 8 N–H and O–H groups in total. The standard InChI is InChI=1S/C24H19ClN8.2C23H17ClN8.C18H13ClN8O/c1-33-10-8-19(32-33)23-22(16-11-17-14-28-31-21(17)18(25)12-16)29-20(13-26)24(30-23)27-9-7-15-5-3-2-4-6-15;2*1-32-8-7-18(31-32)22-21(15-9-16-13-27-30-20(16)17(24)10-15)28-19(11-25)23(29-22)26-12-14-5-3-2-4-6-14;1-9(28)22-18-14(7-20)23-16(17(24-18)13-3-4-27(2)26-13)10-5-11-8-21-25-15(11)12(19)6-10/h2-6,8,10-12,14H,7,9H2,1H3,(H,27,30)(H,28,31);2*2-10,13H,12H2,1H3,(H,26,29)(H,27,30);3-6,8H,1-2H3,(H,21,25)(H,22,24,28). The predicted octanol–water partition coefficient (Wildman–Crippen LogP) is 16.6. The Balaban J connectivity index is 0.000000123. The van der Waals surface area contributed by atoms with Gasteiger partial charge in [0.1, 0.15) is 92.6 Å². The van der Waals surface area contributed by atoms with Gasteiger partial charge in [-0.15, -0.1) is 0 Å². The van der Waals surface area contributed by atoms with E-state index in [1.807, 2.05) is 167 Å². The first-order valence-corrected chi connectivity index (χ1v) is 39.8. The number of halogens is 4. The van der Waals surface area contributed by atoms with Crippen molar-refractivity contribution >= 4 is 119 Å². The molecule has 12 heterocycles. The van der Waals surface area contributed by atoms with Gasteiger partial charge in [0.2, 0.25) is 5.91 Å². The number of hydrogen-bond acceptors (Lipinski definition) is 24. The molecule has 12 aromatic heterocycles. The monoisotopic (exact) mass is 1730 g/mol. The number of anilines is 4. The van der Waals surface area contributed by atoms with Crippen LogP contribution in [0.25, 0.3) is 134 Å². The fraction of sp³-hybridized carbons (Fsp3) is 0.102. The van der Waals surface area contributed by atoms with Crippen molar-refractivity contribution in [2.75, 3.05) is 27.8 Å². The van der Waals surface area contributed by atoms with Gasteiger partial charge in [-0.3, -0.25) is 43.9 Å². The number of H-pyrrole nitrogens is 4. The third-order valence-electron chi connectivity index (χ3n) is 19.4. The van der Waals surface area contributed by atoms with Crippen LogP contribution in [0.3, 0.4) is 0 Å². The molecule has 19 aromatic rings. The van der Waals surface area contributed by atoms with Gasteiger partial charge >= 0.3 is 0 Å². The van der Waals surface area contributed by atoms with Gasteiger partial charge in [-0.25, -0.2) is 39.9 Å². The van der Waals surface area contributed by atoms with Gasteiger partial charge in [-0.05, 0) is 95.9 Å². The van der Waals surface area contributed by atoms with Gasteiger partial charge in [-0.2, -0.15) is 61.8 Å². The van der Waals surface area contributed by atoms with E-state index in [0.29, 0.717) is 137 Å². The maximum absolute atomic E-state index is 11.5. The van der Waals surface area contributed by atoms with Gasteiger partial charge in [0, 0.05) is 123 Å². The number of benzene rings is 7. The highest BCUT2D eigenvalue weighted by Crippen LogP contribution is 2.41. The zero-order chi connectivity index (χ0) is 86.8. The summed E-state index contributed by atoms with van der Waals surface area (Å²) in [6, 6.07) is 60.4. The average molecular weight is 1730 g/mol. The number of nitrogens with one attached hydrogen (secondary N) is 8. The summed E-state index contributed by atoms with van der Waals surface area (Å²) in [6.07, 6.45) is 14.8. The van der Waals surface area contributed by atoms with Crippen molar-refractivity contribution in [1.29, 1.82) is 21.0 Å². The van der Waals surface area contributed by atoms with Gasteiger partial charge in [0.15, 0.2) is 46.0 Å². The van der Waals surface area contributed by atoms with Crippen LogP contribution in [-0.4, -0.2) is 132 Å². The van der Waals surface area contributed by atoms with Crippen LogP contribution in [-0.2, 0) is 52.5 Å². The van der Waals surface area contributed by atoms with Gasteiger partial charge in [0.25, 0.3) is 0 Å². The molecule has 0 saturated heterocycles. The summed E-state index contributed by atoms with van der Waals surface area (Å²) in [4.78, 5) is 48.8. The molecule has 0 unspecified atom stereocenters. The molecule has 1 amide bonds. The fourth-order valence-corrected chi connectivity index (χ4v) is 14.6. The number of aryl methyl sites for hydroxylation is 4. The van der Waals surface area contributed by atoms with E-state index in [1.54, 1.807) is 87.1 Å². The summed E-state index contributed by atoms with van der Waals surface area (Å²) in [5.41, 5.74) is 16.3. The minimum absolute atomic E-state index is 0.00621. The second kappa shape index (κ2) is 36.7. The molecule has 0 saturated carbocycles. The lowest BCUT2D eigenvalue weighted by Crippen LogP contribution is -2.12. The Morgan fingerprint density at radius 3 is 0.896 bits per heavy atom. The molecule has 0 atom stereocenters. The van der Waals surface area contributed by atoms with Crippen LogP contribution in [0.1, 0.15) is 46.4 Å². The molecule has 125 heavy (non-hydrogen) atoms. The van der Waals surface area contributed by atoms with Crippen LogP contribution >= 0.6 is 46.4 Å². The summed E-state index contributed by atoms with van der Waals surface area (Å²) in [5.74, 6) is 0.948. The lowest BCUT2D eigenvalue weighted by atomic mass is 10.1. The Morgan fingerprint density at radius 2 is 0.624 bits per heavy atom. The summed E-state index contributed by atoms with van der Waals surface area (Å²) < 4.78 is 6.72. The minimum Gasteiger partial charge on any atom is -0.367 e. The lowest BCUT2D eigenvalue weighted by molar-refractivity contribution is -0.114. The summed E-state index contributed by atoms with van der Waals surface area (Å²) in [6.45, 7) is 2.97. The molecule has 19 rings (SSSR count). The van der Waals surface area contributed by atoms with Crippen LogP contribution in [0.2, 0.25) is 20.1 Å². The molecular weight excluding hydrogens is 1660 g/mol. The Kier molecular flexibility index (Phi) is 24.1. The first-order chi connectivity index (χ1) is 60.8. The molecule has 0 aliphatic carbocycles. The molecule has 7 aromatic carbocycles.